The first-order valence-corrected chi connectivity index (χ1v) is 5.68. The highest BCUT2D eigenvalue weighted by atomic mass is 15.2. The van der Waals surface area contributed by atoms with Gasteiger partial charge in [-0.1, -0.05) is 26.0 Å². The molecule has 0 aromatic heterocycles. The summed E-state index contributed by atoms with van der Waals surface area (Å²) < 4.78 is 0. The maximum absolute atomic E-state index is 8.06. The average molecular weight is 232 g/mol. The standard InChI is InChI=1S/C13H20N4/c1-9(2)8-12(15)17(3)13(16)10-6-4-5-7-11(10)14/h4-7,9,15-16H,8,14H2,1-3H3. The molecule has 17 heavy (non-hydrogen) atoms. The molecule has 4 heteroatoms. The molecule has 0 aliphatic heterocycles. The van der Waals surface area contributed by atoms with E-state index in [9.17, 15) is 0 Å². The summed E-state index contributed by atoms with van der Waals surface area (Å²) in [6, 6.07) is 7.26. The molecule has 1 aromatic carbocycles. The maximum Gasteiger partial charge on any atom is 0.135 e. The van der Waals surface area contributed by atoms with Gasteiger partial charge in [0.2, 0.25) is 0 Å². The molecule has 0 saturated carbocycles. The van der Waals surface area contributed by atoms with Crippen molar-refractivity contribution in [2.45, 2.75) is 20.3 Å². The Morgan fingerprint density at radius 2 is 1.88 bits per heavy atom. The lowest BCUT2D eigenvalue weighted by molar-refractivity contribution is 0.621. The van der Waals surface area contributed by atoms with E-state index in [0.717, 1.165) is 0 Å². The molecule has 0 bridgehead atoms. The van der Waals surface area contributed by atoms with Crippen molar-refractivity contribution in [3.8, 4) is 0 Å². The van der Waals surface area contributed by atoms with Crippen molar-refractivity contribution >= 4 is 17.4 Å². The van der Waals surface area contributed by atoms with Gasteiger partial charge in [-0.2, -0.15) is 0 Å². The van der Waals surface area contributed by atoms with Crippen molar-refractivity contribution in [3.63, 3.8) is 0 Å². The summed E-state index contributed by atoms with van der Waals surface area (Å²) in [6.07, 6.45) is 0.658. The van der Waals surface area contributed by atoms with E-state index < -0.39 is 0 Å². The topological polar surface area (TPSA) is 77.0 Å². The number of para-hydroxylation sites is 1. The highest BCUT2D eigenvalue weighted by molar-refractivity contribution is 6.09. The van der Waals surface area contributed by atoms with Crippen LogP contribution in [0.3, 0.4) is 0 Å². The quantitative estimate of drug-likeness (QED) is 0.425. The molecule has 92 valence electrons. The highest BCUT2D eigenvalue weighted by Crippen LogP contribution is 2.14. The molecule has 0 aliphatic rings. The first-order valence-electron chi connectivity index (χ1n) is 5.68. The van der Waals surface area contributed by atoms with E-state index in [1.807, 2.05) is 12.1 Å². The molecule has 0 saturated heterocycles. The number of benzene rings is 1. The second-order valence-corrected chi connectivity index (χ2v) is 4.54. The molecule has 0 heterocycles. The molecule has 4 N–H and O–H groups in total. The lowest BCUT2D eigenvalue weighted by atomic mass is 10.1. The van der Waals surface area contributed by atoms with Gasteiger partial charge in [0.05, 0.1) is 0 Å². The molecule has 0 atom stereocenters. The number of nitrogen functional groups attached to an aromatic ring is 1. The van der Waals surface area contributed by atoms with Crippen LogP contribution in [0, 0.1) is 16.7 Å². The normalized spacial score (nSPS) is 10.4. The molecule has 0 aliphatic carbocycles. The lowest BCUT2D eigenvalue weighted by Gasteiger charge is -2.22. The van der Waals surface area contributed by atoms with Gasteiger partial charge >= 0.3 is 0 Å². The maximum atomic E-state index is 8.06. The minimum atomic E-state index is 0.272. The van der Waals surface area contributed by atoms with Crippen molar-refractivity contribution in [2.24, 2.45) is 5.92 Å². The van der Waals surface area contributed by atoms with Crippen molar-refractivity contribution in [2.75, 3.05) is 12.8 Å². The van der Waals surface area contributed by atoms with Gasteiger partial charge in [0.1, 0.15) is 11.7 Å². The number of nitrogens with two attached hydrogens (primary N) is 1. The van der Waals surface area contributed by atoms with Crippen LogP contribution in [-0.2, 0) is 0 Å². The molecule has 0 amide bonds. The van der Waals surface area contributed by atoms with Crippen molar-refractivity contribution in [3.05, 3.63) is 29.8 Å². The number of hydrogen-bond acceptors (Lipinski definition) is 3. The number of hydrogen-bond donors (Lipinski definition) is 3. The Bertz CT molecular complexity index is 423. The van der Waals surface area contributed by atoms with Gasteiger partial charge in [0, 0.05) is 24.7 Å². The van der Waals surface area contributed by atoms with Crippen molar-refractivity contribution in [1.82, 2.24) is 4.90 Å². The van der Waals surface area contributed by atoms with E-state index in [-0.39, 0.29) is 5.84 Å². The first kappa shape index (κ1) is 13.2. The Kier molecular flexibility index (Phi) is 4.26. The summed E-state index contributed by atoms with van der Waals surface area (Å²) in [6.45, 7) is 4.12. The Balaban J connectivity index is 2.84. The van der Waals surface area contributed by atoms with Crippen molar-refractivity contribution < 1.29 is 0 Å². The van der Waals surface area contributed by atoms with Gasteiger partial charge in [-0.3, -0.25) is 10.8 Å². The molecule has 4 nitrogen and oxygen atoms in total. The molecule has 1 rings (SSSR count). The van der Waals surface area contributed by atoms with Crippen LogP contribution >= 0.6 is 0 Å². The molecule has 0 unspecified atom stereocenters. The molecule has 0 spiro atoms. The number of amidine groups is 2. The summed E-state index contributed by atoms with van der Waals surface area (Å²) in [4.78, 5) is 1.58. The Morgan fingerprint density at radius 1 is 1.29 bits per heavy atom. The van der Waals surface area contributed by atoms with Crippen LogP contribution in [0.25, 0.3) is 0 Å². The van der Waals surface area contributed by atoms with Gasteiger partial charge in [-0.05, 0) is 18.1 Å². The second kappa shape index (κ2) is 5.48. The number of nitrogens with zero attached hydrogens (tertiary/aromatic N) is 1. The third kappa shape index (κ3) is 3.31. The summed E-state index contributed by atoms with van der Waals surface area (Å²) in [5.41, 5.74) is 7.06. The Morgan fingerprint density at radius 3 is 2.41 bits per heavy atom. The van der Waals surface area contributed by atoms with E-state index in [1.165, 1.54) is 0 Å². The van der Waals surface area contributed by atoms with E-state index in [4.69, 9.17) is 16.6 Å². The number of anilines is 1. The lowest BCUT2D eigenvalue weighted by Crippen LogP contribution is -2.33. The zero-order valence-corrected chi connectivity index (χ0v) is 10.6. The van der Waals surface area contributed by atoms with Gasteiger partial charge in [-0.25, -0.2) is 0 Å². The number of rotatable bonds is 3. The second-order valence-electron chi connectivity index (χ2n) is 4.54. The van der Waals surface area contributed by atoms with E-state index in [1.54, 1.807) is 24.1 Å². The summed E-state index contributed by atoms with van der Waals surface area (Å²) in [5.74, 6) is 1.12. The molecular weight excluding hydrogens is 212 g/mol. The zero-order valence-electron chi connectivity index (χ0n) is 10.6. The molecule has 0 radical (unpaired) electrons. The summed E-state index contributed by atoms with van der Waals surface area (Å²) in [5, 5.41) is 16.0. The minimum Gasteiger partial charge on any atom is -0.398 e. The van der Waals surface area contributed by atoms with E-state index >= 15 is 0 Å². The molecule has 0 fully saturated rings. The SMILES string of the molecule is CC(C)CC(=N)N(C)C(=N)c1ccccc1N. The van der Waals surface area contributed by atoms with E-state index in [2.05, 4.69) is 13.8 Å². The van der Waals surface area contributed by atoms with Crippen LogP contribution in [0.4, 0.5) is 5.69 Å². The largest absolute Gasteiger partial charge is 0.398 e. The Hall–Kier alpha value is -1.84. The summed E-state index contributed by atoms with van der Waals surface area (Å²) >= 11 is 0. The first-order chi connectivity index (χ1) is 7.93. The van der Waals surface area contributed by atoms with Gasteiger partial charge in [0.25, 0.3) is 0 Å². The van der Waals surface area contributed by atoms with Crippen molar-refractivity contribution in [1.29, 1.82) is 10.8 Å². The van der Waals surface area contributed by atoms with Gasteiger partial charge < -0.3 is 10.6 Å². The third-order valence-corrected chi connectivity index (χ3v) is 2.56. The fourth-order valence-corrected chi connectivity index (χ4v) is 1.55. The molecule has 1 aromatic rings. The van der Waals surface area contributed by atoms with Crippen LogP contribution in [0.2, 0.25) is 0 Å². The average Bonchev–Trinajstić information content (AvgIpc) is 2.27. The smallest absolute Gasteiger partial charge is 0.135 e. The van der Waals surface area contributed by atoms with Gasteiger partial charge in [-0.15, -0.1) is 0 Å². The zero-order chi connectivity index (χ0) is 13.0. The monoisotopic (exact) mass is 232 g/mol. The Labute approximate surface area is 102 Å². The number of nitrogens with one attached hydrogen (secondary N) is 2. The third-order valence-electron chi connectivity index (χ3n) is 2.56. The molecular formula is C13H20N4. The van der Waals surface area contributed by atoms with Crippen LogP contribution in [0.15, 0.2) is 24.3 Å². The fourth-order valence-electron chi connectivity index (χ4n) is 1.55. The van der Waals surface area contributed by atoms with E-state index in [0.29, 0.717) is 29.4 Å². The minimum absolute atomic E-state index is 0.272. The highest BCUT2D eigenvalue weighted by Gasteiger charge is 2.14. The predicted octanol–water partition coefficient (Wildman–Crippen LogP) is 2.55. The van der Waals surface area contributed by atoms with Crippen LogP contribution in [0.5, 0.6) is 0 Å². The van der Waals surface area contributed by atoms with Crippen LogP contribution < -0.4 is 5.73 Å². The summed E-state index contributed by atoms with van der Waals surface area (Å²) in [7, 11) is 1.74. The van der Waals surface area contributed by atoms with Gasteiger partial charge in [0.15, 0.2) is 0 Å². The van der Waals surface area contributed by atoms with Crippen LogP contribution in [0.1, 0.15) is 25.8 Å². The predicted molar refractivity (Wildman–Crippen MR) is 72.6 cm³/mol. The fraction of sp³-hybridized carbons (Fsp3) is 0.385. The van der Waals surface area contributed by atoms with Crippen LogP contribution in [-0.4, -0.2) is 23.6 Å².